The summed E-state index contributed by atoms with van der Waals surface area (Å²) in [5.41, 5.74) is 4.35. The zero-order chi connectivity index (χ0) is 21.2. The highest BCUT2D eigenvalue weighted by molar-refractivity contribution is 5.94. The Kier molecular flexibility index (Phi) is 5.69. The molecule has 2 aromatic carbocycles. The lowest BCUT2D eigenvalue weighted by molar-refractivity contribution is -0.113. The second kappa shape index (κ2) is 8.03. The SMILES string of the molecule is CC(=O)/C(Cc1ccc(-c2nnc(-c3ccc(C(C)(C)C)cc3)o2)cc1)=C(/C)O. The predicted octanol–water partition coefficient (Wildman–Crippen LogP) is 5.66. The van der Waals surface area contributed by atoms with Crippen molar-refractivity contribution in [2.75, 3.05) is 0 Å². The lowest BCUT2D eigenvalue weighted by Gasteiger charge is -2.18. The molecule has 0 atom stereocenters. The maximum atomic E-state index is 11.6. The fourth-order valence-corrected chi connectivity index (χ4v) is 3.05. The number of aliphatic hydroxyl groups is 1. The Morgan fingerprint density at radius 1 is 0.897 bits per heavy atom. The van der Waals surface area contributed by atoms with Crippen LogP contribution in [0.1, 0.15) is 45.7 Å². The van der Waals surface area contributed by atoms with Crippen molar-refractivity contribution in [1.29, 1.82) is 0 Å². The Labute approximate surface area is 171 Å². The number of benzene rings is 2. The zero-order valence-electron chi connectivity index (χ0n) is 17.5. The summed E-state index contributed by atoms with van der Waals surface area (Å²) >= 11 is 0. The van der Waals surface area contributed by atoms with Gasteiger partial charge in [0, 0.05) is 23.1 Å². The van der Waals surface area contributed by atoms with E-state index in [1.54, 1.807) is 0 Å². The molecule has 1 aromatic heterocycles. The molecule has 1 heterocycles. The van der Waals surface area contributed by atoms with Crippen molar-refractivity contribution in [2.24, 2.45) is 0 Å². The van der Waals surface area contributed by atoms with Crippen LogP contribution in [0.5, 0.6) is 0 Å². The molecule has 0 saturated heterocycles. The van der Waals surface area contributed by atoms with E-state index in [1.165, 1.54) is 19.4 Å². The number of rotatable bonds is 5. The van der Waals surface area contributed by atoms with Gasteiger partial charge in [-0.2, -0.15) is 0 Å². The fraction of sp³-hybridized carbons (Fsp3) is 0.292. The summed E-state index contributed by atoms with van der Waals surface area (Å²) in [4.78, 5) is 11.6. The third-order valence-electron chi connectivity index (χ3n) is 4.87. The van der Waals surface area contributed by atoms with Gasteiger partial charge in [-0.15, -0.1) is 10.2 Å². The number of nitrogens with zero attached hydrogens (tertiary/aromatic N) is 2. The molecular weight excluding hydrogens is 364 g/mol. The van der Waals surface area contributed by atoms with E-state index in [2.05, 4.69) is 43.1 Å². The van der Waals surface area contributed by atoms with Crippen molar-refractivity contribution >= 4 is 5.78 Å². The van der Waals surface area contributed by atoms with Crippen LogP contribution in [0.3, 0.4) is 0 Å². The standard InChI is InChI=1S/C24H26N2O3/c1-15(27)21(16(2)28)14-17-6-8-18(9-7-17)22-25-26-23(29-22)19-10-12-20(13-11-19)24(3,4)5/h6-13,27H,14H2,1-5H3/b21-15-. The monoisotopic (exact) mass is 390 g/mol. The Balaban J connectivity index is 1.78. The largest absolute Gasteiger partial charge is 0.512 e. The number of ketones is 1. The molecule has 0 fully saturated rings. The number of carbonyl (C=O) groups excluding carboxylic acids is 1. The Bertz CT molecular complexity index is 1030. The molecule has 1 N–H and O–H groups in total. The third-order valence-corrected chi connectivity index (χ3v) is 4.87. The van der Waals surface area contributed by atoms with Crippen LogP contribution >= 0.6 is 0 Å². The van der Waals surface area contributed by atoms with Gasteiger partial charge < -0.3 is 9.52 Å². The lowest BCUT2D eigenvalue weighted by atomic mass is 9.87. The molecule has 0 aliphatic rings. The summed E-state index contributed by atoms with van der Waals surface area (Å²) in [5.74, 6) is 0.836. The molecule has 0 aliphatic heterocycles. The van der Waals surface area contributed by atoms with Crippen molar-refractivity contribution in [3.8, 4) is 22.9 Å². The first kappa shape index (κ1) is 20.5. The molecule has 0 spiro atoms. The number of allylic oxidation sites excluding steroid dienone is 2. The maximum absolute atomic E-state index is 11.6. The van der Waals surface area contributed by atoms with Crippen molar-refractivity contribution in [2.45, 2.75) is 46.5 Å². The van der Waals surface area contributed by atoms with E-state index in [0.29, 0.717) is 23.8 Å². The summed E-state index contributed by atoms with van der Waals surface area (Å²) in [6, 6.07) is 15.7. The quantitative estimate of drug-likeness (QED) is 0.449. The number of hydrogen-bond acceptors (Lipinski definition) is 5. The summed E-state index contributed by atoms with van der Waals surface area (Å²) in [6.45, 7) is 9.50. The fourth-order valence-electron chi connectivity index (χ4n) is 3.05. The van der Waals surface area contributed by atoms with Gasteiger partial charge in [-0.1, -0.05) is 45.0 Å². The van der Waals surface area contributed by atoms with E-state index in [-0.39, 0.29) is 17.0 Å². The van der Waals surface area contributed by atoms with Gasteiger partial charge in [0.2, 0.25) is 11.8 Å². The molecule has 3 rings (SSSR count). The van der Waals surface area contributed by atoms with E-state index >= 15 is 0 Å². The lowest BCUT2D eigenvalue weighted by Crippen LogP contribution is -2.10. The molecule has 3 aromatic rings. The van der Waals surface area contributed by atoms with Crippen LogP contribution in [0.2, 0.25) is 0 Å². The minimum atomic E-state index is -0.131. The van der Waals surface area contributed by atoms with Crippen LogP contribution in [-0.4, -0.2) is 21.1 Å². The summed E-state index contributed by atoms with van der Waals surface area (Å²) < 4.78 is 5.85. The average molecular weight is 390 g/mol. The van der Waals surface area contributed by atoms with Crippen LogP contribution in [0.4, 0.5) is 0 Å². The second-order valence-corrected chi connectivity index (χ2v) is 8.23. The highest BCUT2D eigenvalue weighted by Crippen LogP contribution is 2.28. The molecule has 0 unspecified atom stereocenters. The number of aliphatic hydroxyl groups excluding tert-OH is 1. The number of Topliss-reactive ketones (excluding diaryl/α,β-unsaturated/α-hetero) is 1. The van der Waals surface area contributed by atoms with Gasteiger partial charge in [-0.05, 0) is 54.7 Å². The number of carbonyl (C=O) groups is 1. The van der Waals surface area contributed by atoms with Crippen LogP contribution < -0.4 is 0 Å². The van der Waals surface area contributed by atoms with Gasteiger partial charge in [0.15, 0.2) is 5.78 Å². The van der Waals surface area contributed by atoms with Gasteiger partial charge >= 0.3 is 0 Å². The van der Waals surface area contributed by atoms with Crippen LogP contribution in [0.15, 0.2) is 64.3 Å². The Hall–Kier alpha value is -3.21. The van der Waals surface area contributed by atoms with Crippen molar-refractivity contribution in [3.63, 3.8) is 0 Å². The molecule has 0 amide bonds. The summed E-state index contributed by atoms with van der Waals surface area (Å²) in [5, 5.41) is 18.0. The second-order valence-electron chi connectivity index (χ2n) is 8.23. The van der Waals surface area contributed by atoms with E-state index in [1.807, 2.05) is 36.4 Å². The van der Waals surface area contributed by atoms with Crippen LogP contribution in [0.25, 0.3) is 22.9 Å². The molecular formula is C24H26N2O3. The normalized spacial score (nSPS) is 12.6. The molecule has 5 nitrogen and oxygen atoms in total. The van der Waals surface area contributed by atoms with Gasteiger partial charge in [0.25, 0.3) is 0 Å². The van der Waals surface area contributed by atoms with E-state index < -0.39 is 0 Å². The molecule has 29 heavy (non-hydrogen) atoms. The van der Waals surface area contributed by atoms with Gasteiger partial charge in [0.1, 0.15) is 0 Å². The first-order chi connectivity index (χ1) is 13.6. The number of hydrogen-bond donors (Lipinski definition) is 1. The molecule has 150 valence electrons. The minimum Gasteiger partial charge on any atom is -0.512 e. The smallest absolute Gasteiger partial charge is 0.248 e. The van der Waals surface area contributed by atoms with Crippen molar-refractivity contribution in [1.82, 2.24) is 10.2 Å². The molecule has 0 aliphatic carbocycles. The topological polar surface area (TPSA) is 76.2 Å². The third kappa shape index (κ3) is 4.80. The van der Waals surface area contributed by atoms with Gasteiger partial charge in [-0.25, -0.2) is 0 Å². The molecule has 0 radical (unpaired) electrons. The summed E-state index contributed by atoms with van der Waals surface area (Å²) in [7, 11) is 0. The highest BCUT2D eigenvalue weighted by Gasteiger charge is 2.15. The van der Waals surface area contributed by atoms with Gasteiger partial charge in [0.05, 0.1) is 5.76 Å². The maximum Gasteiger partial charge on any atom is 0.248 e. The molecule has 5 heteroatoms. The van der Waals surface area contributed by atoms with Crippen LogP contribution in [-0.2, 0) is 16.6 Å². The average Bonchev–Trinajstić information content (AvgIpc) is 3.15. The predicted molar refractivity (Wildman–Crippen MR) is 114 cm³/mol. The Morgan fingerprint density at radius 2 is 1.38 bits per heavy atom. The van der Waals surface area contributed by atoms with Gasteiger partial charge in [-0.3, -0.25) is 4.79 Å². The van der Waals surface area contributed by atoms with E-state index in [9.17, 15) is 9.90 Å². The zero-order valence-corrected chi connectivity index (χ0v) is 17.5. The van der Waals surface area contributed by atoms with Crippen molar-refractivity contribution in [3.05, 3.63) is 71.0 Å². The summed E-state index contributed by atoms with van der Waals surface area (Å²) in [6.07, 6.45) is 0.382. The number of aromatic nitrogens is 2. The minimum absolute atomic E-state index is 0.0561. The van der Waals surface area contributed by atoms with E-state index in [4.69, 9.17) is 4.42 Å². The highest BCUT2D eigenvalue weighted by atomic mass is 16.4. The van der Waals surface area contributed by atoms with Crippen LogP contribution in [0, 0.1) is 0 Å². The molecule has 0 bridgehead atoms. The van der Waals surface area contributed by atoms with E-state index in [0.717, 1.165) is 16.7 Å². The first-order valence-corrected chi connectivity index (χ1v) is 9.58. The Morgan fingerprint density at radius 3 is 1.79 bits per heavy atom. The van der Waals surface area contributed by atoms with Crippen molar-refractivity contribution < 1.29 is 14.3 Å². The first-order valence-electron chi connectivity index (χ1n) is 9.58. The molecule has 0 saturated carbocycles.